The van der Waals surface area contributed by atoms with E-state index in [1.54, 1.807) is 0 Å². The van der Waals surface area contributed by atoms with E-state index in [-0.39, 0.29) is 0 Å². The van der Waals surface area contributed by atoms with E-state index in [0.29, 0.717) is 5.28 Å². The Morgan fingerprint density at radius 2 is 0.920 bits per heavy atom. The van der Waals surface area contributed by atoms with Gasteiger partial charge in [0.15, 0.2) is 0 Å². The number of anilines is 2. The zero-order valence-electron chi connectivity index (χ0n) is 16.6. The lowest BCUT2D eigenvalue weighted by Gasteiger charge is -2.26. The molecule has 1 rings (SSSR count). The molecule has 0 amide bonds. The van der Waals surface area contributed by atoms with Crippen LogP contribution in [0, 0.1) is 0 Å². The van der Waals surface area contributed by atoms with Crippen LogP contribution in [0.15, 0.2) is 0 Å². The molecule has 0 N–H and O–H groups in total. The summed E-state index contributed by atoms with van der Waals surface area (Å²) in [5.74, 6) is 1.46. The van der Waals surface area contributed by atoms with Crippen LogP contribution in [0.1, 0.15) is 79.1 Å². The van der Waals surface area contributed by atoms with E-state index in [4.69, 9.17) is 16.6 Å². The molecule has 1 heterocycles. The monoisotopic (exact) mass is 369 g/mol. The third kappa shape index (κ3) is 8.21. The summed E-state index contributed by atoms with van der Waals surface area (Å²) in [4.78, 5) is 18.2. The maximum absolute atomic E-state index is 6.26. The average Bonchev–Trinajstić information content (AvgIpc) is 2.61. The average molecular weight is 370 g/mol. The standard InChI is InChI=1S/C19H36ClN5/c1-5-9-13-24(14-10-6-2)18-21-17(20)22-19(23-18)25(15-11-7-3)16-12-8-4/h5-16H2,1-4H3. The summed E-state index contributed by atoms with van der Waals surface area (Å²) < 4.78 is 0. The van der Waals surface area contributed by atoms with Gasteiger partial charge in [-0.2, -0.15) is 15.0 Å². The number of hydrogen-bond donors (Lipinski definition) is 0. The molecule has 0 aliphatic rings. The summed E-state index contributed by atoms with van der Waals surface area (Å²) in [6, 6.07) is 0. The van der Waals surface area contributed by atoms with Crippen LogP contribution in [0.25, 0.3) is 0 Å². The van der Waals surface area contributed by atoms with Gasteiger partial charge in [0.05, 0.1) is 0 Å². The second kappa shape index (κ2) is 13.2. The van der Waals surface area contributed by atoms with Crippen molar-refractivity contribution in [2.24, 2.45) is 0 Å². The Balaban J connectivity index is 3.02. The molecule has 0 radical (unpaired) electrons. The topological polar surface area (TPSA) is 45.2 Å². The molecule has 0 unspecified atom stereocenters. The van der Waals surface area contributed by atoms with Crippen molar-refractivity contribution < 1.29 is 0 Å². The van der Waals surface area contributed by atoms with Gasteiger partial charge in [-0.3, -0.25) is 0 Å². The Morgan fingerprint density at radius 1 is 0.600 bits per heavy atom. The van der Waals surface area contributed by atoms with E-state index in [1.807, 2.05) is 0 Å². The molecule has 0 saturated carbocycles. The van der Waals surface area contributed by atoms with Crippen molar-refractivity contribution >= 4 is 23.5 Å². The van der Waals surface area contributed by atoms with Gasteiger partial charge in [-0.1, -0.05) is 53.4 Å². The second-order valence-electron chi connectivity index (χ2n) is 6.59. The van der Waals surface area contributed by atoms with Gasteiger partial charge in [0, 0.05) is 26.2 Å². The molecule has 0 fully saturated rings. The lowest BCUT2D eigenvalue weighted by Crippen LogP contribution is -2.31. The molecule has 1 aromatic heterocycles. The first kappa shape index (κ1) is 21.9. The van der Waals surface area contributed by atoms with Crippen LogP contribution in [-0.4, -0.2) is 41.1 Å². The zero-order chi connectivity index (χ0) is 18.5. The molecule has 144 valence electrons. The molecule has 0 aliphatic carbocycles. The zero-order valence-corrected chi connectivity index (χ0v) is 17.4. The Labute approximate surface area is 159 Å². The number of unbranched alkanes of at least 4 members (excludes halogenated alkanes) is 4. The maximum Gasteiger partial charge on any atom is 0.231 e. The van der Waals surface area contributed by atoms with Crippen LogP contribution >= 0.6 is 11.6 Å². The first-order valence-corrected chi connectivity index (χ1v) is 10.4. The number of hydrogen-bond acceptors (Lipinski definition) is 5. The quantitative estimate of drug-likeness (QED) is 0.443. The van der Waals surface area contributed by atoms with Gasteiger partial charge in [0.1, 0.15) is 0 Å². The highest BCUT2D eigenvalue weighted by atomic mass is 35.5. The SMILES string of the molecule is CCCCN(CCCC)c1nc(Cl)nc(N(CCCC)CCCC)n1. The van der Waals surface area contributed by atoms with Gasteiger partial charge < -0.3 is 9.80 Å². The Bertz CT molecular complexity index is 415. The minimum Gasteiger partial charge on any atom is -0.341 e. The molecule has 6 heteroatoms. The van der Waals surface area contributed by atoms with Crippen LogP contribution in [0.5, 0.6) is 0 Å². The van der Waals surface area contributed by atoms with Crippen LogP contribution < -0.4 is 9.80 Å². The molecular formula is C19H36ClN5. The lowest BCUT2D eigenvalue weighted by molar-refractivity contribution is 0.644. The van der Waals surface area contributed by atoms with Crippen molar-refractivity contribution in [1.82, 2.24) is 15.0 Å². The number of halogens is 1. The Hall–Kier alpha value is -1.10. The predicted octanol–water partition coefficient (Wildman–Crippen LogP) is 5.34. The van der Waals surface area contributed by atoms with E-state index < -0.39 is 0 Å². The molecule has 5 nitrogen and oxygen atoms in total. The minimum absolute atomic E-state index is 0.302. The van der Waals surface area contributed by atoms with Gasteiger partial charge in [-0.15, -0.1) is 0 Å². The smallest absolute Gasteiger partial charge is 0.231 e. The molecule has 0 spiro atoms. The van der Waals surface area contributed by atoms with Crippen molar-refractivity contribution in [3.8, 4) is 0 Å². The summed E-state index contributed by atoms with van der Waals surface area (Å²) in [5, 5.41) is 0.302. The van der Waals surface area contributed by atoms with E-state index in [2.05, 4.69) is 47.5 Å². The third-order valence-electron chi connectivity index (χ3n) is 4.28. The molecular weight excluding hydrogens is 334 g/mol. The fourth-order valence-corrected chi connectivity index (χ4v) is 2.78. The van der Waals surface area contributed by atoms with E-state index >= 15 is 0 Å². The van der Waals surface area contributed by atoms with Crippen molar-refractivity contribution in [1.29, 1.82) is 0 Å². The van der Waals surface area contributed by atoms with E-state index in [9.17, 15) is 0 Å². The first-order valence-electron chi connectivity index (χ1n) is 10.1. The normalized spacial score (nSPS) is 10.9. The van der Waals surface area contributed by atoms with Crippen molar-refractivity contribution in [2.75, 3.05) is 36.0 Å². The summed E-state index contributed by atoms with van der Waals surface area (Å²) in [5.41, 5.74) is 0. The second-order valence-corrected chi connectivity index (χ2v) is 6.93. The summed E-state index contributed by atoms with van der Waals surface area (Å²) in [7, 11) is 0. The van der Waals surface area contributed by atoms with Gasteiger partial charge in [-0.05, 0) is 37.3 Å². The maximum atomic E-state index is 6.26. The van der Waals surface area contributed by atoms with Crippen LogP contribution in [-0.2, 0) is 0 Å². The van der Waals surface area contributed by atoms with E-state index in [1.165, 1.54) is 0 Å². The fourth-order valence-electron chi connectivity index (χ4n) is 2.63. The highest BCUT2D eigenvalue weighted by Gasteiger charge is 2.16. The molecule has 25 heavy (non-hydrogen) atoms. The van der Waals surface area contributed by atoms with Gasteiger partial charge in [0.2, 0.25) is 17.2 Å². The van der Waals surface area contributed by atoms with Gasteiger partial charge in [0.25, 0.3) is 0 Å². The Kier molecular flexibility index (Phi) is 11.5. The third-order valence-corrected chi connectivity index (χ3v) is 4.45. The predicted molar refractivity (Wildman–Crippen MR) is 109 cm³/mol. The molecule has 0 aliphatic heterocycles. The van der Waals surface area contributed by atoms with Crippen LogP contribution in [0.2, 0.25) is 5.28 Å². The van der Waals surface area contributed by atoms with Crippen LogP contribution in [0.4, 0.5) is 11.9 Å². The van der Waals surface area contributed by atoms with Gasteiger partial charge >= 0.3 is 0 Å². The van der Waals surface area contributed by atoms with Crippen molar-refractivity contribution in [2.45, 2.75) is 79.1 Å². The van der Waals surface area contributed by atoms with Crippen molar-refractivity contribution in [3.05, 3.63) is 5.28 Å². The summed E-state index contributed by atoms with van der Waals surface area (Å²) >= 11 is 6.26. The summed E-state index contributed by atoms with van der Waals surface area (Å²) in [6.45, 7) is 12.7. The number of aromatic nitrogens is 3. The van der Waals surface area contributed by atoms with Crippen LogP contribution in [0.3, 0.4) is 0 Å². The van der Waals surface area contributed by atoms with Crippen molar-refractivity contribution in [3.63, 3.8) is 0 Å². The molecule has 0 aromatic carbocycles. The number of nitrogens with zero attached hydrogens (tertiary/aromatic N) is 5. The fraction of sp³-hybridized carbons (Fsp3) is 0.842. The lowest BCUT2D eigenvalue weighted by atomic mass is 10.2. The highest BCUT2D eigenvalue weighted by molar-refractivity contribution is 6.28. The highest BCUT2D eigenvalue weighted by Crippen LogP contribution is 2.19. The van der Waals surface area contributed by atoms with Gasteiger partial charge in [-0.25, -0.2) is 0 Å². The minimum atomic E-state index is 0.302. The molecule has 1 aromatic rings. The Morgan fingerprint density at radius 3 is 1.20 bits per heavy atom. The van der Waals surface area contributed by atoms with E-state index in [0.717, 1.165) is 89.4 Å². The largest absolute Gasteiger partial charge is 0.341 e. The molecule has 0 atom stereocenters. The summed E-state index contributed by atoms with van der Waals surface area (Å²) in [6.07, 6.45) is 9.19. The molecule has 0 saturated heterocycles. The first-order chi connectivity index (χ1) is 12.2. The molecule has 0 bridgehead atoms. The number of rotatable bonds is 14.